The third-order valence-electron chi connectivity index (χ3n) is 9.03. The second kappa shape index (κ2) is 12.4. The summed E-state index contributed by atoms with van der Waals surface area (Å²) in [5.74, 6) is -2.89. The fourth-order valence-electron chi connectivity index (χ4n) is 6.25. The Hall–Kier alpha value is -3.92. The lowest BCUT2D eigenvalue weighted by molar-refractivity contribution is -0.122. The van der Waals surface area contributed by atoms with Crippen LogP contribution >= 0.6 is 0 Å². The van der Waals surface area contributed by atoms with E-state index in [9.17, 15) is 26.8 Å². The minimum atomic E-state index is -4.35. The molecule has 0 aliphatic carbocycles. The van der Waals surface area contributed by atoms with E-state index < -0.39 is 38.0 Å². The minimum Gasteiger partial charge on any atom is -0.381 e. The van der Waals surface area contributed by atoms with Crippen LogP contribution in [-0.4, -0.2) is 86.1 Å². The van der Waals surface area contributed by atoms with Gasteiger partial charge in [-0.25, -0.2) is 17.2 Å². The van der Waals surface area contributed by atoms with Gasteiger partial charge in [0.05, 0.1) is 27.4 Å². The fraction of sp³-hybridized carbons (Fsp3) is 0.452. The number of piperazine rings is 1. The van der Waals surface area contributed by atoms with Crippen molar-refractivity contribution in [3.8, 4) is 0 Å². The molecule has 0 atom stereocenters. The number of ether oxygens (including phenoxy) is 1. The lowest BCUT2D eigenvalue weighted by atomic mass is 9.99. The van der Waals surface area contributed by atoms with Gasteiger partial charge in [-0.1, -0.05) is 0 Å². The average Bonchev–Trinajstić information content (AvgIpc) is 3.55. The summed E-state index contributed by atoms with van der Waals surface area (Å²) in [6, 6.07) is 7.45. The summed E-state index contributed by atoms with van der Waals surface area (Å²) in [7, 11) is -2.28. The molecule has 3 N–H and O–H groups in total. The van der Waals surface area contributed by atoms with Gasteiger partial charge in [-0.05, 0) is 64.1 Å². The van der Waals surface area contributed by atoms with E-state index in [0.29, 0.717) is 49.1 Å². The van der Waals surface area contributed by atoms with Gasteiger partial charge in [0.15, 0.2) is 5.82 Å². The summed E-state index contributed by atoms with van der Waals surface area (Å²) in [6.45, 7) is 7.42. The van der Waals surface area contributed by atoms with Crippen LogP contribution in [0.15, 0.2) is 41.3 Å². The molecule has 3 aliphatic heterocycles. The monoisotopic (exact) mass is 657 g/mol. The largest absolute Gasteiger partial charge is 0.381 e. The van der Waals surface area contributed by atoms with Crippen molar-refractivity contribution in [3.63, 3.8) is 0 Å². The number of rotatable bonds is 7. The van der Waals surface area contributed by atoms with Crippen molar-refractivity contribution >= 4 is 39.0 Å². The highest BCUT2D eigenvalue weighted by atomic mass is 32.2. The Labute approximate surface area is 266 Å². The normalized spacial score (nSPS) is 19.2. The standard InChI is InChI=1S/C31H37F2N7O5S/c1-31(2)27-25(18-40(31)46(43,44)23-15-20(32)14-21(33)16-23)28(37-36-27)35-30(42)24-5-4-22(39-10-8-38(3)9-11-39)17-26(24)34-29(41)19-6-12-45-13-7-19/h4-5,14-17,19H,6-13,18H2,1-3H3,(H,34,41)(H2,35,36,37,42). The van der Waals surface area contributed by atoms with Gasteiger partial charge in [0.25, 0.3) is 5.91 Å². The maximum absolute atomic E-state index is 14.0. The maximum atomic E-state index is 14.0. The summed E-state index contributed by atoms with van der Waals surface area (Å²) >= 11 is 0. The number of carbonyl (C=O) groups excluding carboxylic acids is 2. The lowest BCUT2D eigenvalue weighted by Gasteiger charge is -2.34. The van der Waals surface area contributed by atoms with E-state index in [-0.39, 0.29) is 29.8 Å². The number of fused-ring (bicyclic) bond motifs is 1. The molecule has 2 aromatic carbocycles. The van der Waals surface area contributed by atoms with Crippen molar-refractivity contribution in [2.45, 2.75) is 43.7 Å². The Morgan fingerprint density at radius 2 is 1.67 bits per heavy atom. The van der Waals surface area contributed by atoms with Crippen LogP contribution in [0.2, 0.25) is 0 Å². The molecule has 4 heterocycles. The Balaban J connectivity index is 1.27. The van der Waals surface area contributed by atoms with Crippen molar-refractivity contribution in [2.24, 2.45) is 5.92 Å². The molecule has 0 radical (unpaired) electrons. The van der Waals surface area contributed by atoms with E-state index in [2.05, 4.69) is 37.7 Å². The van der Waals surface area contributed by atoms with Gasteiger partial charge in [0, 0.05) is 69.2 Å². The number of H-pyrrole nitrogens is 1. The third-order valence-corrected chi connectivity index (χ3v) is 11.0. The first-order chi connectivity index (χ1) is 21.8. The Morgan fingerprint density at radius 1 is 1.00 bits per heavy atom. The van der Waals surface area contributed by atoms with E-state index in [4.69, 9.17) is 4.74 Å². The van der Waals surface area contributed by atoms with Crippen molar-refractivity contribution in [1.82, 2.24) is 19.4 Å². The van der Waals surface area contributed by atoms with Gasteiger partial charge in [0.2, 0.25) is 15.9 Å². The van der Waals surface area contributed by atoms with Crippen LogP contribution in [0.5, 0.6) is 0 Å². The first-order valence-electron chi connectivity index (χ1n) is 15.2. The minimum absolute atomic E-state index is 0.112. The molecule has 0 saturated carbocycles. The predicted molar refractivity (Wildman–Crippen MR) is 167 cm³/mol. The number of likely N-dealkylation sites (N-methyl/N-ethyl adjacent to an activating group) is 1. The van der Waals surface area contributed by atoms with E-state index in [0.717, 1.165) is 48.3 Å². The highest BCUT2D eigenvalue weighted by Gasteiger charge is 2.48. The van der Waals surface area contributed by atoms with Crippen LogP contribution < -0.4 is 15.5 Å². The van der Waals surface area contributed by atoms with E-state index in [1.807, 2.05) is 12.1 Å². The summed E-state index contributed by atoms with van der Waals surface area (Å²) in [6.07, 6.45) is 1.17. The van der Waals surface area contributed by atoms with Crippen LogP contribution in [-0.2, 0) is 31.6 Å². The van der Waals surface area contributed by atoms with Crippen LogP contribution in [0, 0.1) is 17.6 Å². The van der Waals surface area contributed by atoms with Gasteiger partial charge < -0.3 is 25.2 Å². The second-order valence-electron chi connectivity index (χ2n) is 12.5. The molecule has 2 fully saturated rings. The van der Waals surface area contributed by atoms with Crippen LogP contribution in [0.1, 0.15) is 48.3 Å². The van der Waals surface area contributed by atoms with Gasteiger partial charge in [0.1, 0.15) is 11.6 Å². The zero-order valence-corrected chi connectivity index (χ0v) is 26.7. The number of amides is 2. The van der Waals surface area contributed by atoms with Gasteiger partial charge in [-0.2, -0.15) is 9.40 Å². The molecule has 2 saturated heterocycles. The van der Waals surface area contributed by atoms with Crippen molar-refractivity contribution in [1.29, 1.82) is 0 Å². The van der Waals surface area contributed by atoms with Crippen LogP contribution in [0.25, 0.3) is 0 Å². The summed E-state index contributed by atoms with van der Waals surface area (Å²) < 4.78 is 61.5. The number of carbonyl (C=O) groups is 2. The zero-order chi connectivity index (χ0) is 32.8. The van der Waals surface area contributed by atoms with E-state index >= 15 is 0 Å². The van der Waals surface area contributed by atoms with Crippen molar-refractivity contribution in [2.75, 3.05) is 62.0 Å². The molecule has 12 nitrogen and oxygen atoms in total. The zero-order valence-electron chi connectivity index (χ0n) is 25.9. The molecule has 0 unspecified atom stereocenters. The number of anilines is 3. The molecule has 46 heavy (non-hydrogen) atoms. The van der Waals surface area contributed by atoms with E-state index in [1.54, 1.807) is 19.9 Å². The van der Waals surface area contributed by atoms with E-state index in [1.165, 1.54) is 0 Å². The van der Waals surface area contributed by atoms with Gasteiger partial charge in [-0.15, -0.1) is 0 Å². The highest BCUT2D eigenvalue weighted by Crippen LogP contribution is 2.44. The molecule has 1 aromatic heterocycles. The van der Waals surface area contributed by atoms with Crippen LogP contribution in [0.3, 0.4) is 0 Å². The Morgan fingerprint density at radius 3 is 2.35 bits per heavy atom. The molecule has 0 spiro atoms. The number of nitrogens with zero attached hydrogens (tertiary/aromatic N) is 4. The number of nitrogens with one attached hydrogen (secondary N) is 3. The quantitative estimate of drug-likeness (QED) is 0.351. The molecule has 3 aromatic rings. The number of sulfonamides is 1. The first-order valence-corrected chi connectivity index (χ1v) is 16.6. The number of hydrogen-bond donors (Lipinski definition) is 3. The molecular formula is C31H37F2N7O5S. The molecule has 15 heteroatoms. The third kappa shape index (κ3) is 6.11. The molecule has 3 aliphatic rings. The first kappa shape index (κ1) is 32.0. The predicted octanol–water partition coefficient (Wildman–Crippen LogP) is 3.50. The van der Waals surface area contributed by atoms with Crippen LogP contribution in [0.4, 0.5) is 26.0 Å². The number of halogens is 2. The summed E-state index contributed by atoms with van der Waals surface area (Å²) in [4.78, 5) is 31.0. The Kier molecular flexibility index (Phi) is 8.61. The number of aromatic nitrogens is 2. The molecule has 0 bridgehead atoms. The topological polar surface area (TPSA) is 140 Å². The lowest BCUT2D eigenvalue weighted by Crippen LogP contribution is -2.44. The number of aromatic amines is 1. The van der Waals surface area contributed by atoms with Gasteiger partial charge >= 0.3 is 0 Å². The fourth-order valence-corrected chi connectivity index (χ4v) is 8.02. The Bertz CT molecular complexity index is 1750. The van der Waals surface area contributed by atoms with Gasteiger partial charge in [-0.3, -0.25) is 14.7 Å². The average molecular weight is 658 g/mol. The number of hydrogen-bond acceptors (Lipinski definition) is 8. The summed E-state index contributed by atoms with van der Waals surface area (Å²) in [5, 5.41) is 12.9. The smallest absolute Gasteiger partial charge is 0.258 e. The maximum Gasteiger partial charge on any atom is 0.258 e. The molecule has 246 valence electrons. The molecular weight excluding hydrogens is 620 g/mol. The second-order valence-corrected chi connectivity index (χ2v) is 14.3. The van der Waals surface area contributed by atoms with Crippen molar-refractivity contribution in [3.05, 3.63) is 64.9 Å². The highest BCUT2D eigenvalue weighted by molar-refractivity contribution is 7.89. The molecule has 2 amide bonds. The summed E-state index contributed by atoms with van der Waals surface area (Å²) in [5.41, 5.74) is 1.12. The number of benzene rings is 2. The van der Waals surface area contributed by atoms with Crippen molar-refractivity contribution < 1.29 is 31.5 Å². The molecule has 6 rings (SSSR count). The SMILES string of the molecule is CN1CCN(c2ccc(C(=O)Nc3n[nH]c4c3CN(S(=O)(=O)c3cc(F)cc(F)c3)C4(C)C)c(NC(=O)C3CCOCC3)c2)CC1.